The molecule has 2 aliphatic rings. The molecule has 4 atom stereocenters. The first kappa shape index (κ1) is 56.2. The zero-order valence-electron chi connectivity index (χ0n) is 42.6. The summed E-state index contributed by atoms with van der Waals surface area (Å²) in [5.74, 6) is 2.10. The highest BCUT2D eigenvalue weighted by Crippen LogP contribution is 2.47. The molecule has 1 aromatic carbocycles. The molecule has 3 N–H and O–H groups in total. The molecule has 2 aliphatic carbocycles. The van der Waals surface area contributed by atoms with Crippen molar-refractivity contribution in [3.8, 4) is 11.5 Å². The van der Waals surface area contributed by atoms with Crippen LogP contribution < -0.4 is 10.1 Å². The van der Waals surface area contributed by atoms with E-state index in [2.05, 4.69) is 147 Å². The number of rotatable bonds is 20. The number of ketones is 1. The van der Waals surface area contributed by atoms with Crippen LogP contribution in [-0.4, -0.2) is 35.1 Å². The van der Waals surface area contributed by atoms with E-state index in [4.69, 9.17) is 4.74 Å². The van der Waals surface area contributed by atoms with Gasteiger partial charge in [0.1, 0.15) is 0 Å². The molecule has 65 heavy (non-hydrogen) atoms. The van der Waals surface area contributed by atoms with Crippen molar-refractivity contribution in [3.05, 3.63) is 154 Å². The SMILES string of the molecule is CC1=C(/C=C/C(C)=C/C=C/C(C)=C/C=C/C=C(C)/C=C/C=C(C)/C=C/C(=O)[C@@H]2[C@@H](C)C[C@@H](O)C2(C)C)C(C)(C)C[C@H](C)C1.COc1cc(CNC(=O)CCCC/C=C/C(C)C)ccc1O. The molecule has 0 saturated heterocycles. The van der Waals surface area contributed by atoms with E-state index in [1.807, 2.05) is 39.0 Å². The predicted octanol–water partition coefficient (Wildman–Crippen LogP) is 14.7. The van der Waals surface area contributed by atoms with Crippen molar-refractivity contribution >= 4 is 11.7 Å². The van der Waals surface area contributed by atoms with E-state index in [1.165, 1.54) is 42.2 Å². The third kappa shape index (κ3) is 20.8. The Kier molecular flexibility index (Phi) is 24.4. The predicted molar refractivity (Wildman–Crippen MR) is 277 cm³/mol. The second-order valence-corrected chi connectivity index (χ2v) is 20.1. The molecule has 0 aliphatic heterocycles. The van der Waals surface area contributed by atoms with Crippen LogP contribution in [0.3, 0.4) is 0 Å². The number of aliphatic hydroxyl groups excluding tert-OH is 1. The maximum absolute atomic E-state index is 12.8. The number of allylic oxidation sites excluding steroid dienone is 22. The fourth-order valence-electron chi connectivity index (χ4n) is 8.92. The smallest absolute Gasteiger partial charge is 0.220 e. The van der Waals surface area contributed by atoms with E-state index >= 15 is 0 Å². The summed E-state index contributed by atoms with van der Waals surface area (Å²) < 4.78 is 5.04. The van der Waals surface area contributed by atoms with Gasteiger partial charge in [0.15, 0.2) is 17.3 Å². The molecule has 356 valence electrons. The van der Waals surface area contributed by atoms with Crippen molar-refractivity contribution in [3.63, 3.8) is 0 Å². The number of hydrogen-bond donors (Lipinski definition) is 3. The van der Waals surface area contributed by atoms with Gasteiger partial charge in [-0.2, -0.15) is 0 Å². The number of hydrogen-bond acceptors (Lipinski definition) is 5. The molecule has 6 nitrogen and oxygen atoms in total. The van der Waals surface area contributed by atoms with Gasteiger partial charge in [0.05, 0.1) is 13.2 Å². The van der Waals surface area contributed by atoms with E-state index in [0.717, 1.165) is 41.9 Å². The largest absolute Gasteiger partial charge is 0.504 e. The zero-order valence-corrected chi connectivity index (χ0v) is 42.6. The molecule has 0 bridgehead atoms. The maximum atomic E-state index is 12.8. The number of carbonyl (C=O) groups excluding carboxylic acids is 2. The van der Waals surface area contributed by atoms with Crippen molar-refractivity contribution in [2.45, 2.75) is 148 Å². The highest BCUT2D eigenvalue weighted by molar-refractivity contribution is 5.93. The number of unbranched alkanes of at least 4 members (excludes halogenated alkanes) is 2. The van der Waals surface area contributed by atoms with Crippen LogP contribution in [0.2, 0.25) is 0 Å². The van der Waals surface area contributed by atoms with Crippen LogP contribution >= 0.6 is 0 Å². The average Bonchev–Trinajstić information content (AvgIpc) is 3.43. The van der Waals surface area contributed by atoms with Gasteiger partial charge in [0, 0.05) is 24.3 Å². The number of nitrogens with one attached hydrogen (secondary N) is 1. The van der Waals surface area contributed by atoms with E-state index in [0.29, 0.717) is 31.1 Å². The van der Waals surface area contributed by atoms with Crippen LogP contribution in [0, 0.1) is 34.5 Å². The van der Waals surface area contributed by atoms with Gasteiger partial charge in [-0.05, 0) is 126 Å². The van der Waals surface area contributed by atoms with Gasteiger partial charge < -0.3 is 20.3 Å². The molecule has 6 heteroatoms. The second kappa shape index (κ2) is 28.2. The van der Waals surface area contributed by atoms with Gasteiger partial charge in [-0.1, -0.05) is 180 Å². The molecule has 1 aromatic rings. The Labute approximate surface area is 395 Å². The van der Waals surface area contributed by atoms with Crippen molar-refractivity contribution in [2.75, 3.05) is 7.11 Å². The van der Waals surface area contributed by atoms with Crippen LogP contribution in [0.15, 0.2) is 149 Å². The van der Waals surface area contributed by atoms with E-state index in [1.54, 1.807) is 24.3 Å². The first-order valence-electron chi connectivity index (χ1n) is 23.9. The van der Waals surface area contributed by atoms with Gasteiger partial charge in [-0.3, -0.25) is 9.59 Å². The molecule has 0 spiro atoms. The summed E-state index contributed by atoms with van der Waals surface area (Å²) in [4.78, 5) is 24.6. The number of methoxy groups -OCH3 is 1. The van der Waals surface area contributed by atoms with Gasteiger partial charge in [-0.15, -0.1) is 0 Å². The summed E-state index contributed by atoms with van der Waals surface area (Å²) in [6, 6.07) is 5.07. The molecule has 0 aromatic heterocycles. The minimum Gasteiger partial charge on any atom is -0.504 e. The Morgan fingerprint density at radius 1 is 0.846 bits per heavy atom. The average molecular weight is 888 g/mol. The zero-order chi connectivity index (χ0) is 48.7. The topological polar surface area (TPSA) is 95.9 Å². The number of phenolic OH excluding ortho intramolecular Hbond substituents is 1. The number of benzene rings is 1. The monoisotopic (exact) mass is 888 g/mol. The lowest BCUT2D eigenvalue weighted by Gasteiger charge is -2.36. The quantitative estimate of drug-likeness (QED) is 0.0525. The maximum Gasteiger partial charge on any atom is 0.220 e. The van der Waals surface area contributed by atoms with Gasteiger partial charge in [0.25, 0.3) is 0 Å². The summed E-state index contributed by atoms with van der Waals surface area (Å²) in [5, 5.41) is 22.7. The number of ether oxygens (including phenoxy) is 1. The van der Waals surface area contributed by atoms with Crippen molar-refractivity contribution in [1.29, 1.82) is 0 Å². The van der Waals surface area contributed by atoms with Crippen LogP contribution in [0.1, 0.15) is 141 Å². The Bertz CT molecular complexity index is 2050. The lowest BCUT2D eigenvalue weighted by molar-refractivity contribution is -0.123. The van der Waals surface area contributed by atoms with Gasteiger partial charge >= 0.3 is 0 Å². The summed E-state index contributed by atoms with van der Waals surface area (Å²) in [6.45, 7) is 28.5. The molecule has 0 heterocycles. The van der Waals surface area contributed by atoms with Crippen molar-refractivity contribution in [2.24, 2.45) is 34.5 Å². The minimum atomic E-state index is -0.422. The molecule has 0 radical (unpaired) electrons. The van der Waals surface area contributed by atoms with Crippen molar-refractivity contribution in [1.82, 2.24) is 5.32 Å². The Morgan fingerprint density at radius 2 is 1.43 bits per heavy atom. The lowest BCUT2D eigenvalue weighted by atomic mass is 9.69. The Morgan fingerprint density at radius 3 is 1.98 bits per heavy atom. The highest BCUT2D eigenvalue weighted by Gasteiger charge is 2.49. The standard InChI is InChI=1S/C41H58O2.C18H27NO3/c1-29(18-14-20-31(3)22-24-36-34(6)26-33(5)28-40(36,8)9)16-12-13-17-30(2)19-15-21-32(4)23-25-37(42)39-35(7)27-38(43)41(39,10)11;1-14(2)8-6-4-5-7-9-18(21)19-13-15-10-11-16(20)17(12-15)22-3/h12-25,33,35,38-39,43H,26-28H2,1-11H3;6,8,10-12,14,20H,4-5,7,9,13H2,1-3H3,(H,19,21)/b13-12+,18-14+,19-15+,24-22+,25-23+,29-16+,30-17+,31-20+,32-21+;8-6+/t33-,35+,38-,39+;/m1./s1. The molecule has 1 fully saturated rings. The number of carbonyl (C=O) groups is 2. The number of phenols is 1. The number of aliphatic hydroxyl groups is 1. The second-order valence-electron chi connectivity index (χ2n) is 20.1. The van der Waals surface area contributed by atoms with Crippen LogP contribution in [0.5, 0.6) is 11.5 Å². The lowest BCUT2D eigenvalue weighted by Crippen LogP contribution is -2.34. The van der Waals surface area contributed by atoms with Crippen LogP contribution in [0.25, 0.3) is 0 Å². The molecule has 1 amide bonds. The fraction of sp³-hybridized carbons (Fsp3) is 0.492. The number of aromatic hydroxyl groups is 1. The first-order chi connectivity index (χ1) is 30.6. The summed E-state index contributed by atoms with van der Waals surface area (Å²) in [5.41, 5.74) is 8.39. The molecular weight excluding hydrogens is 803 g/mol. The normalized spacial score (nSPS) is 22.1. The molecule has 3 rings (SSSR count). The molecular formula is C59H85NO5. The Balaban J connectivity index is 0.000000553. The van der Waals surface area contributed by atoms with Crippen LogP contribution in [0.4, 0.5) is 0 Å². The van der Waals surface area contributed by atoms with Crippen molar-refractivity contribution < 1.29 is 24.5 Å². The van der Waals surface area contributed by atoms with Gasteiger partial charge in [-0.25, -0.2) is 0 Å². The third-order valence-corrected chi connectivity index (χ3v) is 12.4. The van der Waals surface area contributed by atoms with E-state index < -0.39 is 6.10 Å². The van der Waals surface area contributed by atoms with Crippen LogP contribution in [-0.2, 0) is 16.1 Å². The Hall–Kier alpha value is -4.94. The van der Waals surface area contributed by atoms with Gasteiger partial charge in [0.2, 0.25) is 5.91 Å². The summed E-state index contributed by atoms with van der Waals surface area (Å²) >= 11 is 0. The third-order valence-electron chi connectivity index (χ3n) is 12.4. The highest BCUT2D eigenvalue weighted by atomic mass is 16.5. The molecule has 0 unspecified atom stereocenters. The fourth-order valence-corrected chi connectivity index (χ4v) is 8.92. The van der Waals surface area contributed by atoms with E-state index in [-0.39, 0.29) is 40.1 Å². The van der Waals surface area contributed by atoms with E-state index in [9.17, 15) is 19.8 Å². The number of amides is 1. The minimum absolute atomic E-state index is 0.0554. The first-order valence-corrected chi connectivity index (χ1v) is 23.9. The summed E-state index contributed by atoms with van der Waals surface area (Å²) in [7, 11) is 1.51. The summed E-state index contributed by atoms with van der Waals surface area (Å²) in [6.07, 6.45) is 39.6. The molecule has 1 saturated carbocycles.